The number of hydrogen-bond donors (Lipinski definition) is 2. The number of methoxy groups -OCH3 is 1. The van der Waals surface area contributed by atoms with Crippen molar-refractivity contribution in [3.63, 3.8) is 0 Å². The molecule has 0 saturated heterocycles. The van der Waals surface area contributed by atoms with E-state index in [1.54, 1.807) is 13.8 Å². The van der Waals surface area contributed by atoms with Gasteiger partial charge in [0.25, 0.3) is 5.91 Å². The molecule has 19 heavy (non-hydrogen) atoms. The van der Waals surface area contributed by atoms with E-state index < -0.39 is 16.4 Å². The lowest BCUT2D eigenvalue weighted by Crippen LogP contribution is -2.46. The summed E-state index contributed by atoms with van der Waals surface area (Å²) < 4.78 is 4.97. The molecule has 1 aromatic rings. The van der Waals surface area contributed by atoms with Gasteiger partial charge in [-0.2, -0.15) is 0 Å². The van der Waals surface area contributed by atoms with E-state index in [9.17, 15) is 14.9 Å². The van der Waals surface area contributed by atoms with E-state index >= 15 is 0 Å². The molecule has 0 aromatic heterocycles. The van der Waals surface area contributed by atoms with Crippen LogP contribution in [-0.4, -0.2) is 30.1 Å². The summed E-state index contributed by atoms with van der Waals surface area (Å²) in [7, 11) is 1.51. The number of benzene rings is 1. The van der Waals surface area contributed by atoms with Crippen LogP contribution in [0.15, 0.2) is 18.2 Å². The summed E-state index contributed by atoms with van der Waals surface area (Å²) in [6.07, 6.45) is 0. The van der Waals surface area contributed by atoms with Crippen LogP contribution >= 0.6 is 0 Å². The van der Waals surface area contributed by atoms with Crippen LogP contribution in [0.1, 0.15) is 24.2 Å². The van der Waals surface area contributed by atoms with Gasteiger partial charge in [-0.3, -0.25) is 14.9 Å². The van der Waals surface area contributed by atoms with Crippen molar-refractivity contribution in [2.75, 3.05) is 19.5 Å². The van der Waals surface area contributed by atoms with Gasteiger partial charge in [0.2, 0.25) is 0 Å². The number of rotatable bonds is 5. The molecular formula is C12H17N3O4. The molecule has 0 aliphatic heterocycles. The summed E-state index contributed by atoms with van der Waals surface area (Å²) in [6.45, 7) is 3.80. The standard InChI is InChI=1S/C12H17N3O4/c1-12(2,7-19-3)14-11(16)8-5-4-6-9(13)10(8)15(17)18/h4-6H,7,13H2,1-3H3,(H,14,16). The van der Waals surface area contributed by atoms with Gasteiger partial charge < -0.3 is 15.8 Å². The van der Waals surface area contributed by atoms with Gasteiger partial charge in [0.15, 0.2) is 0 Å². The zero-order valence-corrected chi connectivity index (χ0v) is 11.1. The van der Waals surface area contributed by atoms with E-state index in [2.05, 4.69) is 5.32 Å². The van der Waals surface area contributed by atoms with Crippen molar-refractivity contribution < 1.29 is 14.5 Å². The first kappa shape index (κ1) is 14.9. The minimum atomic E-state index is -0.659. The van der Waals surface area contributed by atoms with Gasteiger partial charge in [-0.1, -0.05) is 6.07 Å². The normalized spacial score (nSPS) is 11.1. The highest BCUT2D eigenvalue weighted by Crippen LogP contribution is 2.26. The van der Waals surface area contributed by atoms with E-state index in [1.165, 1.54) is 25.3 Å². The highest BCUT2D eigenvalue weighted by atomic mass is 16.6. The molecule has 0 bridgehead atoms. The van der Waals surface area contributed by atoms with E-state index in [0.717, 1.165) is 0 Å². The lowest BCUT2D eigenvalue weighted by atomic mass is 10.0. The maximum atomic E-state index is 12.1. The lowest BCUT2D eigenvalue weighted by Gasteiger charge is -2.25. The molecule has 3 N–H and O–H groups in total. The third-order valence-electron chi connectivity index (χ3n) is 2.45. The average molecular weight is 267 g/mol. The second-order valence-electron chi connectivity index (χ2n) is 4.77. The minimum absolute atomic E-state index is 0.0396. The summed E-state index contributed by atoms with van der Waals surface area (Å²) in [6, 6.07) is 4.25. The molecule has 7 heteroatoms. The second kappa shape index (κ2) is 5.66. The highest BCUT2D eigenvalue weighted by molar-refractivity contribution is 6.00. The molecular weight excluding hydrogens is 250 g/mol. The number of nitro benzene ring substituents is 1. The summed E-state index contributed by atoms with van der Waals surface area (Å²) in [4.78, 5) is 22.4. The number of nitrogen functional groups attached to an aromatic ring is 1. The van der Waals surface area contributed by atoms with E-state index in [-0.39, 0.29) is 23.5 Å². The molecule has 0 spiro atoms. The first-order chi connectivity index (χ1) is 8.78. The summed E-state index contributed by atoms with van der Waals surface area (Å²) >= 11 is 0. The van der Waals surface area contributed by atoms with Gasteiger partial charge in [-0.25, -0.2) is 0 Å². The molecule has 1 amide bonds. The summed E-state index contributed by atoms with van der Waals surface area (Å²) in [5, 5.41) is 13.6. The molecule has 104 valence electrons. The van der Waals surface area contributed by atoms with Gasteiger partial charge in [0.1, 0.15) is 11.3 Å². The van der Waals surface area contributed by atoms with Crippen molar-refractivity contribution in [1.82, 2.24) is 5.32 Å². The number of amides is 1. The Hall–Kier alpha value is -2.15. The number of nitrogens with zero attached hydrogens (tertiary/aromatic N) is 1. The van der Waals surface area contributed by atoms with Crippen LogP contribution in [0.4, 0.5) is 11.4 Å². The number of nitro groups is 1. The number of carbonyl (C=O) groups excluding carboxylic acids is 1. The Labute approximate surface area is 110 Å². The van der Waals surface area contributed by atoms with Crippen molar-refractivity contribution in [3.8, 4) is 0 Å². The molecule has 0 fully saturated rings. The molecule has 0 saturated carbocycles. The number of nitrogens with one attached hydrogen (secondary N) is 1. The largest absolute Gasteiger partial charge is 0.393 e. The molecule has 0 atom stereocenters. The topological polar surface area (TPSA) is 107 Å². The van der Waals surface area contributed by atoms with Crippen LogP contribution in [0.25, 0.3) is 0 Å². The number of carbonyl (C=O) groups is 1. The fraction of sp³-hybridized carbons (Fsp3) is 0.417. The fourth-order valence-corrected chi connectivity index (χ4v) is 1.72. The Morgan fingerprint density at radius 1 is 1.53 bits per heavy atom. The first-order valence-electron chi connectivity index (χ1n) is 5.63. The first-order valence-corrected chi connectivity index (χ1v) is 5.63. The van der Waals surface area contributed by atoms with E-state index in [0.29, 0.717) is 0 Å². The monoisotopic (exact) mass is 267 g/mol. The van der Waals surface area contributed by atoms with E-state index in [1.807, 2.05) is 0 Å². The third kappa shape index (κ3) is 3.65. The van der Waals surface area contributed by atoms with Crippen LogP contribution in [0, 0.1) is 10.1 Å². The maximum absolute atomic E-state index is 12.1. The Bertz CT molecular complexity index is 500. The second-order valence-corrected chi connectivity index (χ2v) is 4.77. The zero-order valence-electron chi connectivity index (χ0n) is 11.1. The molecule has 0 unspecified atom stereocenters. The van der Waals surface area contributed by atoms with E-state index in [4.69, 9.17) is 10.5 Å². The van der Waals surface area contributed by atoms with Crippen molar-refractivity contribution in [2.45, 2.75) is 19.4 Å². The Kier molecular flexibility index (Phi) is 4.44. The fourth-order valence-electron chi connectivity index (χ4n) is 1.72. The van der Waals surface area contributed by atoms with Crippen LogP contribution in [-0.2, 0) is 4.74 Å². The molecule has 0 aliphatic rings. The predicted molar refractivity (Wildman–Crippen MR) is 70.9 cm³/mol. The average Bonchev–Trinajstić information content (AvgIpc) is 2.27. The quantitative estimate of drug-likeness (QED) is 0.475. The molecule has 1 aromatic carbocycles. The van der Waals surface area contributed by atoms with Crippen molar-refractivity contribution in [1.29, 1.82) is 0 Å². The zero-order chi connectivity index (χ0) is 14.6. The van der Waals surface area contributed by atoms with Crippen LogP contribution < -0.4 is 11.1 Å². The molecule has 7 nitrogen and oxygen atoms in total. The number of hydrogen-bond acceptors (Lipinski definition) is 5. The van der Waals surface area contributed by atoms with Crippen LogP contribution in [0.5, 0.6) is 0 Å². The van der Waals surface area contributed by atoms with Gasteiger partial charge in [-0.05, 0) is 26.0 Å². The minimum Gasteiger partial charge on any atom is -0.393 e. The Balaban J connectivity index is 3.07. The highest BCUT2D eigenvalue weighted by Gasteiger charge is 2.27. The molecule has 0 radical (unpaired) electrons. The smallest absolute Gasteiger partial charge is 0.304 e. The summed E-state index contributed by atoms with van der Waals surface area (Å²) in [5.74, 6) is -0.555. The van der Waals surface area contributed by atoms with Crippen molar-refractivity contribution in [2.24, 2.45) is 0 Å². The van der Waals surface area contributed by atoms with Crippen molar-refractivity contribution >= 4 is 17.3 Å². The molecule has 0 heterocycles. The van der Waals surface area contributed by atoms with Crippen molar-refractivity contribution in [3.05, 3.63) is 33.9 Å². The number of anilines is 1. The number of ether oxygens (including phenoxy) is 1. The van der Waals surface area contributed by atoms with Gasteiger partial charge in [0.05, 0.1) is 17.1 Å². The number of para-hydroxylation sites is 1. The van der Waals surface area contributed by atoms with Crippen LogP contribution in [0.3, 0.4) is 0 Å². The SMILES string of the molecule is COCC(C)(C)NC(=O)c1cccc(N)c1[N+](=O)[O-]. The maximum Gasteiger partial charge on any atom is 0.304 e. The third-order valence-corrected chi connectivity index (χ3v) is 2.45. The lowest BCUT2D eigenvalue weighted by molar-refractivity contribution is -0.384. The molecule has 1 rings (SSSR count). The van der Waals surface area contributed by atoms with Gasteiger partial charge in [-0.15, -0.1) is 0 Å². The molecule has 0 aliphatic carbocycles. The Morgan fingerprint density at radius 3 is 2.68 bits per heavy atom. The Morgan fingerprint density at radius 2 is 2.16 bits per heavy atom. The predicted octanol–water partition coefficient (Wildman–Crippen LogP) is 1.33. The van der Waals surface area contributed by atoms with Gasteiger partial charge in [0, 0.05) is 7.11 Å². The van der Waals surface area contributed by atoms with Crippen LogP contribution in [0.2, 0.25) is 0 Å². The van der Waals surface area contributed by atoms with Gasteiger partial charge >= 0.3 is 5.69 Å². The number of nitrogens with two attached hydrogens (primary N) is 1. The summed E-state index contributed by atoms with van der Waals surface area (Å²) in [5.41, 5.74) is 4.42.